The van der Waals surface area contributed by atoms with Crippen molar-refractivity contribution < 1.29 is 0 Å². The van der Waals surface area contributed by atoms with Crippen LogP contribution in [0.5, 0.6) is 0 Å². The molecule has 0 saturated heterocycles. The molecule has 54 heavy (non-hydrogen) atoms. The second kappa shape index (κ2) is 13.5. The van der Waals surface area contributed by atoms with Crippen LogP contribution in [0, 0.1) is 0 Å². The largest absolute Gasteiger partial charge is 0.0622 e. The fourth-order valence-electron chi connectivity index (χ4n) is 8.22. The van der Waals surface area contributed by atoms with Crippen LogP contribution in [-0.4, -0.2) is 0 Å². The molecule has 0 saturated carbocycles. The lowest BCUT2D eigenvalue weighted by molar-refractivity contribution is 1.58. The van der Waals surface area contributed by atoms with Crippen molar-refractivity contribution in [2.45, 2.75) is 0 Å². The Balaban J connectivity index is 1.30. The van der Waals surface area contributed by atoms with Gasteiger partial charge in [-0.1, -0.05) is 200 Å². The minimum Gasteiger partial charge on any atom is -0.0622 e. The molecule has 0 aliphatic heterocycles. The first-order chi connectivity index (χ1) is 26.8. The van der Waals surface area contributed by atoms with Gasteiger partial charge in [0.25, 0.3) is 0 Å². The molecular formula is C54H36. The molecule has 0 radical (unpaired) electrons. The minimum atomic E-state index is 1.20. The van der Waals surface area contributed by atoms with Gasteiger partial charge in [-0.05, 0) is 117 Å². The van der Waals surface area contributed by atoms with E-state index in [-0.39, 0.29) is 0 Å². The van der Waals surface area contributed by atoms with Crippen molar-refractivity contribution in [3.63, 3.8) is 0 Å². The van der Waals surface area contributed by atoms with Crippen molar-refractivity contribution >= 4 is 32.3 Å². The Bertz CT molecular complexity index is 2940. The number of hydrogen-bond donors (Lipinski definition) is 0. The van der Waals surface area contributed by atoms with Gasteiger partial charge in [-0.15, -0.1) is 0 Å². The Hall–Kier alpha value is -7.02. The molecule has 10 aromatic rings. The Morgan fingerprint density at radius 2 is 0.593 bits per heavy atom. The SMILES string of the molecule is c1ccc(-c2ccc(-c3ccccc3-c3c4ccc(-c5ccccc5)cc4c(-c4ccc5ccccc5c4)c4ccc(-c5ccccc5)cc34)cc2)cc1. The molecule has 0 bridgehead atoms. The van der Waals surface area contributed by atoms with Gasteiger partial charge < -0.3 is 0 Å². The summed E-state index contributed by atoms with van der Waals surface area (Å²) in [6, 6.07) is 79.9. The number of hydrogen-bond acceptors (Lipinski definition) is 0. The Labute approximate surface area is 316 Å². The van der Waals surface area contributed by atoms with Crippen LogP contribution in [0.15, 0.2) is 218 Å². The van der Waals surface area contributed by atoms with Crippen LogP contribution < -0.4 is 0 Å². The third-order valence-corrected chi connectivity index (χ3v) is 10.9. The van der Waals surface area contributed by atoms with Crippen molar-refractivity contribution in [1.29, 1.82) is 0 Å². The zero-order chi connectivity index (χ0) is 35.8. The van der Waals surface area contributed by atoms with E-state index in [1.165, 1.54) is 99.1 Å². The van der Waals surface area contributed by atoms with Crippen LogP contribution in [0.2, 0.25) is 0 Å². The van der Waals surface area contributed by atoms with Crippen molar-refractivity contribution in [3.8, 4) is 66.8 Å². The van der Waals surface area contributed by atoms with Gasteiger partial charge in [0.05, 0.1) is 0 Å². The van der Waals surface area contributed by atoms with E-state index in [9.17, 15) is 0 Å². The summed E-state index contributed by atoms with van der Waals surface area (Å²) in [7, 11) is 0. The smallest absolute Gasteiger partial charge is 0.00199 e. The highest BCUT2D eigenvalue weighted by Crippen LogP contribution is 2.48. The summed E-state index contributed by atoms with van der Waals surface area (Å²) < 4.78 is 0. The van der Waals surface area contributed by atoms with Crippen molar-refractivity contribution in [3.05, 3.63) is 218 Å². The van der Waals surface area contributed by atoms with Crippen LogP contribution in [0.25, 0.3) is 99.1 Å². The summed E-state index contributed by atoms with van der Waals surface area (Å²) in [6.07, 6.45) is 0. The lowest BCUT2D eigenvalue weighted by Crippen LogP contribution is -1.94. The lowest BCUT2D eigenvalue weighted by Gasteiger charge is -2.21. The maximum atomic E-state index is 2.42. The van der Waals surface area contributed by atoms with E-state index in [1.54, 1.807) is 0 Å². The number of fused-ring (bicyclic) bond motifs is 3. The summed E-state index contributed by atoms with van der Waals surface area (Å²) >= 11 is 0. The van der Waals surface area contributed by atoms with E-state index in [1.807, 2.05) is 0 Å². The normalized spacial score (nSPS) is 11.3. The molecule has 0 nitrogen and oxygen atoms in total. The molecule has 0 aliphatic rings. The molecule has 0 heterocycles. The van der Waals surface area contributed by atoms with Crippen LogP contribution in [0.3, 0.4) is 0 Å². The summed E-state index contributed by atoms with van der Waals surface area (Å²) in [6.45, 7) is 0. The van der Waals surface area contributed by atoms with E-state index in [4.69, 9.17) is 0 Å². The molecular weight excluding hydrogens is 649 g/mol. The van der Waals surface area contributed by atoms with Crippen LogP contribution >= 0.6 is 0 Å². The van der Waals surface area contributed by atoms with E-state index >= 15 is 0 Å². The third-order valence-electron chi connectivity index (χ3n) is 10.9. The molecule has 0 spiro atoms. The summed E-state index contributed by atoms with van der Waals surface area (Å²) in [4.78, 5) is 0. The van der Waals surface area contributed by atoms with E-state index in [0.717, 1.165) is 0 Å². The fraction of sp³-hybridized carbons (Fsp3) is 0. The van der Waals surface area contributed by atoms with E-state index in [2.05, 4.69) is 218 Å². The van der Waals surface area contributed by atoms with Crippen LogP contribution in [0.4, 0.5) is 0 Å². The zero-order valence-electron chi connectivity index (χ0n) is 29.8. The molecule has 0 amide bonds. The van der Waals surface area contributed by atoms with Gasteiger partial charge in [0.15, 0.2) is 0 Å². The first-order valence-electron chi connectivity index (χ1n) is 18.7. The predicted molar refractivity (Wildman–Crippen MR) is 232 cm³/mol. The molecule has 0 unspecified atom stereocenters. The third kappa shape index (κ3) is 5.66. The zero-order valence-corrected chi connectivity index (χ0v) is 29.8. The molecule has 252 valence electrons. The highest BCUT2D eigenvalue weighted by Gasteiger charge is 2.21. The first kappa shape index (κ1) is 31.7. The van der Waals surface area contributed by atoms with E-state index < -0.39 is 0 Å². The quantitative estimate of drug-likeness (QED) is 0.153. The van der Waals surface area contributed by atoms with Gasteiger partial charge in [0, 0.05) is 0 Å². The van der Waals surface area contributed by atoms with Crippen LogP contribution in [-0.2, 0) is 0 Å². The first-order valence-corrected chi connectivity index (χ1v) is 18.7. The molecule has 0 fully saturated rings. The standard InChI is InChI=1S/C54H36/c1-4-14-37(15-5-1)41-24-27-42(28-25-41)47-22-12-13-23-48(47)54-50-33-31-44(38-16-6-2-7-17-38)35-51(50)53(46-29-26-40-20-10-11-21-43(40)34-46)49-32-30-45(36-52(49)54)39-18-8-3-9-19-39/h1-36H. The number of benzene rings is 10. The van der Waals surface area contributed by atoms with E-state index in [0.29, 0.717) is 0 Å². The molecule has 0 N–H and O–H groups in total. The monoisotopic (exact) mass is 684 g/mol. The molecule has 10 aromatic carbocycles. The van der Waals surface area contributed by atoms with Crippen molar-refractivity contribution in [2.75, 3.05) is 0 Å². The summed E-state index contributed by atoms with van der Waals surface area (Å²) in [5.41, 5.74) is 14.7. The minimum absolute atomic E-state index is 1.20. The second-order valence-electron chi connectivity index (χ2n) is 14.1. The average Bonchev–Trinajstić information content (AvgIpc) is 3.26. The van der Waals surface area contributed by atoms with Crippen molar-refractivity contribution in [2.24, 2.45) is 0 Å². The average molecular weight is 685 g/mol. The van der Waals surface area contributed by atoms with Gasteiger partial charge in [-0.2, -0.15) is 0 Å². The highest BCUT2D eigenvalue weighted by molar-refractivity contribution is 6.23. The van der Waals surface area contributed by atoms with Gasteiger partial charge >= 0.3 is 0 Å². The Kier molecular flexibility index (Phi) is 7.93. The maximum absolute atomic E-state index is 2.42. The van der Waals surface area contributed by atoms with Gasteiger partial charge in [-0.3, -0.25) is 0 Å². The summed E-state index contributed by atoms with van der Waals surface area (Å²) in [5.74, 6) is 0. The highest BCUT2D eigenvalue weighted by atomic mass is 14.2. The second-order valence-corrected chi connectivity index (χ2v) is 14.1. The molecule has 0 aliphatic carbocycles. The molecule has 10 rings (SSSR count). The Morgan fingerprint density at radius 3 is 1.20 bits per heavy atom. The number of rotatable bonds is 6. The van der Waals surface area contributed by atoms with Gasteiger partial charge in [-0.25, -0.2) is 0 Å². The Morgan fingerprint density at radius 1 is 0.185 bits per heavy atom. The fourth-order valence-corrected chi connectivity index (χ4v) is 8.22. The van der Waals surface area contributed by atoms with Gasteiger partial charge in [0.1, 0.15) is 0 Å². The molecule has 0 atom stereocenters. The topological polar surface area (TPSA) is 0 Å². The maximum Gasteiger partial charge on any atom is -0.00199 e. The lowest BCUT2D eigenvalue weighted by atomic mass is 9.82. The van der Waals surface area contributed by atoms with Gasteiger partial charge in [0.2, 0.25) is 0 Å². The van der Waals surface area contributed by atoms with Crippen molar-refractivity contribution in [1.82, 2.24) is 0 Å². The molecule has 0 heteroatoms. The predicted octanol–water partition coefficient (Wildman–Crippen LogP) is 15.1. The summed E-state index contributed by atoms with van der Waals surface area (Å²) in [5, 5.41) is 7.46. The molecule has 0 aromatic heterocycles. The van der Waals surface area contributed by atoms with Crippen LogP contribution in [0.1, 0.15) is 0 Å².